The first kappa shape index (κ1) is 33.1. The molecule has 4 aromatic rings. The molecule has 0 atom stereocenters. The summed E-state index contributed by atoms with van der Waals surface area (Å²) in [6, 6.07) is 26.7. The third kappa shape index (κ3) is 6.88. The van der Waals surface area contributed by atoms with Crippen molar-refractivity contribution >= 4 is 74.3 Å². The molecular weight excluding hydrogens is 669 g/mol. The van der Waals surface area contributed by atoms with Crippen LogP contribution in [0.25, 0.3) is 57.7 Å². The molecule has 7 nitrogen and oxygen atoms in total. The molecule has 0 radical (unpaired) electrons. The van der Waals surface area contributed by atoms with Gasteiger partial charge in [-0.2, -0.15) is 8.42 Å². The van der Waals surface area contributed by atoms with Gasteiger partial charge in [-0.25, -0.2) is 0 Å². The summed E-state index contributed by atoms with van der Waals surface area (Å²) in [6.07, 6.45) is 7.69. The minimum atomic E-state index is -4.73. The third-order valence-electron chi connectivity index (χ3n) is 7.88. The van der Waals surface area contributed by atoms with Crippen LogP contribution in [0.1, 0.15) is 22.3 Å². The average molecular weight is 699 g/mol. The van der Waals surface area contributed by atoms with Gasteiger partial charge in [0.05, 0.1) is 17.2 Å². The normalized spacial score (nSPS) is 12.0. The first-order valence-electron chi connectivity index (χ1n) is 14.7. The van der Waals surface area contributed by atoms with Crippen molar-refractivity contribution in [2.75, 3.05) is 26.1 Å². The molecule has 0 saturated carbocycles. The van der Waals surface area contributed by atoms with Crippen LogP contribution >= 0.6 is 23.2 Å². The maximum Gasteiger partial charge on any atom is 0.295 e. The SMILES string of the molecule is COc1cc2oc3cc(=O)c(Cl)cc-3c(-c3ccc(/C=C/c4ccc(/C=C/c5ccc(N(C)C)cc5)cc4)cc3S(=O)(=O)O)c2cc1Cl. The third-order valence-corrected chi connectivity index (χ3v) is 9.37. The molecule has 242 valence electrons. The lowest BCUT2D eigenvalue weighted by molar-refractivity contribution is 0.414. The average Bonchev–Trinajstić information content (AvgIpc) is 3.06. The number of hydrogen-bond donors (Lipinski definition) is 1. The fraction of sp³-hybridized carbons (Fsp3) is 0.0789. The standard InChI is InChI=1S/C38H29Cl2NO6S/c1-41(2)27-15-12-25(13-16-27)9-8-23-4-6-24(7-5-23)10-11-26-14-17-28(37(18-26)48(43,44)45)38-29-19-31(39)33(42)21-34(29)47-35-22-36(46-3)32(40)20-30(35)38/h4-22H,1-3H3,(H,43,44,45)/b9-8+,11-10+. The van der Waals surface area contributed by atoms with Crippen molar-refractivity contribution in [3.8, 4) is 28.2 Å². The zero-order chi connectivity index (χ0) is 34.2. The minimum absolute atomic E-state index is 0.0777. The lowest BCUT2D eigenvalue weighted by Crippen LogP contribution is -2.07. The van der Waals surface area contributed by atoms with E-state index in [2.05, 4.69) is 29.2 Å². The molecule has 0 bridgehead atoms. The maximum absolute atomic E-state index is 12.8. The molecule has 0 unspecified atom stereocenters. The molecule has 10 heteroatoms. The van der Waals surface area contributed by atoms with E-state index < -0.39 is 15.5 Å². The zero-order valence-corrected chi connectivity index (χ0v) is 28.4. The van der Waals surface area contributed by atoms with Gasteiger partial charge in [0.1, 0.15) is 22.0 Å². The van der Waals surface area contributed by atoms with Gasteiger partial charge in [-0.1, -0.05) is 96.0 Å². The second kappa shape index (κ2) is 13.3. The van der Waals surface area contributed by atoms with E-state index in [0.29, 0.717) is 27.8 Å². The van der Waals surface area contributed by atoms with Crippen molar-refractivity contribution in [3.05, 3.63) is 134 Å². The highest BCUT2D eigenvalue weighted by Gasteiger charge is 2.25. The number of anilines is 1. The number of hydrogen-bond acceptors (Lipinski definition) is 6. The summed E-state index contributed by atoms with van der Waals surface area (Å²) in [4.78, 5) is 14.1. The van der Waals surface area contributed by atoms with Gasteiger partial charge < -0.3 is 14.1 Å². The molecule has 2 aliphatic rings. The largest absolute Gasteiger partial charge is 0.495 e. The Labute approximate surface area is 288 Å². The van der Waals surface area contributed by atoms with Crippen molar-refractivity contribution in [2.45, 2.75) is 4.90 Å². The molecule has 1 N–H and O–H groups in total. The highest BCUT2D eigenvalue weighted by molar-refractivity contribution is 7.86. The van der Waals surface area contributed by atoms with E-state index in [1.54, 1.807) is 30.3 Å². The predicted molar refractivity (Wildman–Crippen MR) is 196 cm³/mol. The van der Waals surface area contributed by atoms with E-state index >= 15 is 0 Å². The van der Waals surface area contributed by atoms with Crippen LogP contribution < -0.4 is 15.1 Å². The lowest BCUT2D eigenvalue weighted by Gasteiger charge is -2.18. The molecule has 1 aliphatic heterocycles. The summed E-state index contributed by atoms with van der Waals surface area (Å²) in [5.74, 6) is 0.492. The van der Waals surface area contributed by atoms with Crippen molar-refractivity contribution < 1.29 is 22.1 Å². The van der Waals surface area contributed by atoms with Gasteiger partial charge in [0.25, 0.3) is 10.1 Å². The van der Waals surface area contributed by atoms with Crippen LogP contribution in [-0.2, 0) is 10.1 Å². The van der Waals surface area contributed by atoms with Crippen LogP contribution in [-0.4, -0.2) is 34.2 Å². The van der Waals surface area contributed by atoms with Crippen molar-refractivity contribution in [3.63, 3.8) is 0 Å². The number of rotatable bonds is 8. The van der Waals surface area contributed by atoms with Crippen LogP contribution in [0.5, 0.6) is 5.75 Å². The highest BCUT2D eigenvalue weighted by atomic mass is 35.5. The summed E-state index contributed by atoms with van der Waals surface area (Å²) in [5, 5.41) is 0.599. The Morgan fingerprint density at radius 2 is 1.29 bits per heavy atom. The van der Waals surface area contributed by atoms with Gasteiger partial charge in [-0.15, -0.1) is 0 Å². The van der Waals surface area contributed by atoms with E-state index in [9.17, 15) is 17.8 Å². The second-order valence-corrected chi connectivity index (χ2v) is 13.5. The molecule has 0 spiro atoms. The molecule has 6 rings (SSSR count). The molecule has 1 heterocycles. The molecular formula is C38H29Cl2NO6S. The monoisotopic (exact) mass is 697 g/mol. The quantitative estimate of drug-likeness (QED) is 0.0961. The smallest absolute Gasteiger partial charge is 0.295 e. The van der Waals surface area contributed by atoms with Gasteiger partial charge in [-0.3, -0.25) is 9.35 Å². The van der Waals surface area contributed by atoms with E-state index in [4.69, 9.17) is 32.4 Å². The summed E-state index contributed by atoms with van der Waals surface area (Å²) in [7, 11) is 0.726. The molecule has 0 amide bonds. The zero-order valence-electron chi connectivity index (χ0n) is 26.1. The lowest BCUT2D eigenvalue weighted by atomic mass is 9.93. The van der Waals surface area contributed by atoms with Crippen LogP contribution in [0, 0.1) is 0 Å². The number of ether oxygens (including phenoxy) is 1. The predicted octanol–water partition coefficient (Wildman–Crippen LogP) is 9.53. The Morgan fingerprint density at radius 1 is 0.729 bits per heavy atom. The Bertz CT molecular complexity index is 2360. The molecule has 48 heavy (non-hydrogen) atoms. The van der Waals surface area contributed by atoms with E-state index in [1.165, 1.54) is 25.3 Å². The van der Waals surface area contributed by atoms with E-state index in [1.807, 2.05) is 56.6 Å². The van der Waals surface area contributed by atoms with Gasteiger partial charge in [-0.05, 0) is 52.6 Å². The van der Waals surface area contributed by atoms with Gasteiger partial charge in [0, 0.05) is 54.0 Å². The molecule has 1 aliphatic carbocycles. The highest BCUT2D eigenvalue weighted by Crippen LogP contribution is 2.45. The number of benzene rings is 5. The van der Waals surface area contributed by atoms with Crippen LogP contribution in [0.4, 0.5) is 5.69 Å². The Kier molecular flexibility index (Phi) is 9.18. The fourth-order valence-corrected chi connectivity index (χ4v) is 6.53. The number of nitrogens with zero attached hydrogens (tertiary/aromatic N) is 1. The summed E-state index contributed by atoms with van der Waals surface area (Å²) >= 11 is 12.7. The van der Waals surface area contributed by atoms with Crippen LogP contribution in [0.2, 0.25) is 10.0 Å². The van der Waals surface area contributed by atoms with Gasteiger partial charge >= 0.3 is 0 Å². The summed E-state index contributed by atoms with van der Waals surface area (Å²) < 4.78 is 47.4. The summed E-state index contributed by atoms with van der Waals surface area (Å²) in [5.41, 5.74) is 5.39. The van der Waals surface area contributed by atoms with Gasteiger partial charge in [0.2, 0.25) is 5.43 Å². The molecule has 0 fully saturated rings. The van der Waals surface area contributed by atoms with Crippen molar-refractivity contribution in [1.29, 1.82) is 0 Å². The number of methoxy groups -OCH3 is 1. The van der Waals surface area contributed by atoms with Crippen LogP contribution in [0.15, 0.2) is 105 Å². The van der Waals surface area contributed by atoms with Crippen molar-refractivity contribution in [1.82, 2.24) is 0 Å². The topological polar surface area (TPSA) is 97.0 Å². The number of halogens is 2. The van der Waals surface area contributed by atoms with Crippen molar-refractivity contribution in [2.24, 2.45) is 0 Å². The molecule has 4 aromatic carbocycles. The number of fused-ring (bicyclic) bond motifs is 2. The first-order chi connectivity index (χ1) is 22.9. The summed E-state index contributed by atoms with van der Waals surface area (Å²) in [6.45, 7) is 0. The molecule has 0 saturated heterocycles. The van der Waals surface area contributed by atoms with E-state index in [0.717, 1.165) is 22.4 Å². The van der Waals surface area contributed by atoms with Crippen LogP contribution in [0.3, 0.4) is 0 Å². The van der Waals surface area contributed by atoms with E-state index in [-0.39, 0.29) is 31.8 Å². The maximum atomic E-state index is 12.8. The Morgan fingerprint density at radius 3 is 1.85 bits per heavy atom. The Balaban J connectivity index is 1.37. The minimum Gasteiger partial charge on any atom is -0.495 e. The Hall–Kier alpha value is -4.86. The fourth-order valence-electron chi connectivity index (χ4n) is 5.39. The molecule has 0 aromatic heterocycles. The van der Waals surface area contributed by atoms with Gasteiger partial charge in [0.15, 0.2) is 0 Å². The second-order valence-electron chi connectivity index (χ2n) is 11.3. The first-order valence-corrected chi connectivity index (χ1v) is 16.9.